The van der Waals surface area contributed by atoms with Crippen LogP contribution in [0.4, 0.5) is 13.2 Å². The molecule has 5 nitrogen and oxygen atoms in total. The normalized spacial score (nSPS) is 15.7. The van der Waals surface area contributed by atoms with Crippen molar-refractivity contribution < 1.29 is 22.8 Å². The molecule has 8 heteroatoms. The maximum Gasteiger partial charge on any atom is 0.417 e. The number of halogens is 3. The van der Waals surface area contributed by atoms with Gasteiger partial charge in [-0.25, -0.2) is 0 Å². The topological polar surface area (TPSA) is 52.7 Å². The van der Waals surface area contributed by atoms with Gasteiger partial charge in [0.2, 0.25) is 5.91 Å². The minimum Gasteiger partial charge on any atom is -0.338 e. The maximum absolute atomic E-state index is 13.0. The predicted octanol–water partition coefficient (Wildman–Crippen LogP) is 1.21. The molecule has 2 amide bonds. The van der Waals surface area contributed by atoms with E-state index in [1.165, 1.54) is 23.1 Å². The molecule has 1 aromatic rings. The molecule has 0 atom stereocenters. The summed E-state index contributed by atoms with van der Waals surface area (Å²) in [4.78, 5) is 27.1. The Hall–Kier alpha value is -2.09. The molecule has 0 spiro atoms. The quantitative estimate of drug-likeness (QED) is 0.907. The molecule has 0 saturated carbocycles. The van der Waals surface area contributed by atoms with Crippen LogP contribution < -0.4 is 5.32 Å². The zero-order valence-corrected chi connectivity index (χ0v) is 12.7. The SMILES string of the molecule is CNCC(=O)N1CCN(C(=O)c2ccccc2C(F)(F)F)CC1. The number of piperazine rings is 1. The van der Waals surface area contributed by atoms with Gasteiger partial charge < -0.3 is 15.1 Å². The van der Waals surface area contributed by atoms with Crippen molar-refractivity contribution in [3.05, 3.63) is 35.4 Å². The van der Waals surface area contributed by atoms with Gasteiger partial charge in [0.25, 0.3) is 5.91 Å². The van der Waals surface area contributed by atoms with E-state index in [2.05, 4.69) is 5.32 Å². The highest BCUT2D eigenvalue weighted by Gasteiger charge is 2.36. The highest BCUT2D eigenvalue weighted by Crippen LogP contribution is 2.32. The average molecular weight is 329 g/mol. The number of alkyl halides is 3. The summed E-state index contributed by atoms with van der Waals surface area (Å²) in [6, 6.07) is 4.76. The Balaban J connectivity index is 2.08. The molecule has 1 fully saturated rings. The van der Waals surface area contributed by atoms with E-state index in [0.29, 0.717) is 13.1 Å². The Kier molecular flexibility index (Phi) is 5.25. The summed E-state index contributed by atoms with van der Waals surface area (Å²) < 4.78 is 39.0. The third-order valence-electron chi connectivity index (χ3n) is 3.71. The minimum absolute atomic E-state index is 0.0877. The monoisotopic (exact) mass is 329 g/mol. The van der Waals surface area contributed by atoms with Crippen LogP contribution in [0.15, 0.2) is 24.3 Å². The van der Waals surface area contributed by atoms with Crippen molar-refractivity contribution in [2.45, 2.75) is 6.18 Å². The van der Waals surface area contributed by atoms with Crippen molar-refractivity contribution in [1.82, 2.24) is 15.1 Å². The van der Waals surface area contributed by atoms with Crippen LogP contribution in [0.3, 0.4) is 0 Å². The van der Waals surface area contributed by atoms with E-state index >= 15 is 0 Å². The molecule has 0 bridgehead atoms. The van der Waals surface area contributed by atoms with Gasteiger partial charge in [-0.05, 0) is 19.2 Å². The zero-order valence-electron chi connectivity index (χ0n) is 12.7. The van der Waals surface area contributed by atoms with Crippen molar-refractivity contribution in [3.63, 3.8) is 0 Å². The lowest BCUT2D eigenvalue weighted by molar-refractivity contribution is -0.138. The van der Waals surface area contributed by atoms with Gasteiger partial charge in [0.15, 0.2) is 0 Å². The first-order chi connectivity index (χ1) is 10.8. The fourth-order valence-electron chi connectivity index (χ4n) is 2.51. The maximum atomic E-state index is 13.0. The van der Waals surface area contributed by atoms with E-state index < -0.39 is 17.6 Å². The largest absolute Gasteiger partial charge is 0.417 e. The van der Waals surface area contributed by atoms with E-state index in [4.69, 9.17) is 0 Å². The molecule has 1 heterocycles. The Bertz CT molecular complexity index is 582. The third kappa shape index (κ3) is 4.01. The molecule has 0 aliphatic carbocycles. The molecule has 0 aromatic heterocycles. The third-order valence-corrected chi connectivity index (χ3v) is 3.71. The average Bonchev–Trinajstić information content (AvgIpc) is 2.54. The number of amides is 2. The van der Waals surface area contributed by atoms with E-state index in [9.17, 15) is 22.8 Å². The van der Waals surface area contributed by atoms with Gasteiger partial charge in [0, 0.05) is 26.2 Å². The second kappa shape index (κ2) is 6.99. The molecule has 1 aliphatic heterocycles. The molecular formula is C15H18F3N3O2. The predicted molar refractivity (Wildman–Crippen MR) is 77.9 cm³/mol. The molecule has 1 saturated heterocycles. The number of rotatable bonds is 3. The number of hydrogen-bond donors (Lipinski definition) is 1. The van der Waals surface area contributed by atoms with Crippen LogP contribution in [0.2, 0.25) is 0 Å². The van der Waals surface area contributed by atoms with Gasteiger partial charge >= 0.3 is 6.18 Å². The fourth-order valence-corrected chi connectivity index (χ4v) is 2.51. The number of nitrogens with zero attached hydrogens (tertiary/aromatic N) is 2. The van der Waals surface area contributed by atoms with Gasteiger partial charge in [-0.2, -0.15) is 13.2 Å². The summed E-state index contributed by atoms with van der Waals surface area (Å²) in [5.41, 5.74) is -1.28. The van der Waals surface area contributed by atoms with Crippen molar-refractivity contribution in [2.24, 2.45) is 0 Å². The highest BCUT2D eigenvalue weighted by molar-refractivity contribution is 5.96. The van der Waals surface area contributed by atoms with E-state index in [0.717, 1.165) is 6.07 Å². The lowest BCUT2D eigenvalue weighted by atomic mass is 10.1. The molecule has 2 rings (SSSR count). The smallest absolute Gasteiger partial charge is 0.338 e. The van der Waals surface area contributed by atoms with Gasteiger partial charge in [-0.15, -0.1) is 0 Å². The number of carbonyl (C=O) groups is 2. The molecule has 126 valence electrons. The second-order valence-electron chi connectivity index (χ2n) is 5.25. The first kappa shape index (κ1) is 17.3. The van der Waals surface area contributed by atoms with Crippen molar-refractivity contribution in [1.29, 1.82) is 0 Å². The Labute approximate surface area is 132 Å². The van der Waals surface area contributed by atoms with E-state index in [-0.39, 0.29) is 31.1 Å². The van der Waals surface area contributed by atoms with Crippen molar-refractivity contribution in [3.8, 4) is 0 Å². The summed E-state index contributed by atoms with van der Waals surface area (Å²) in [7, 11) is 1.66. The van der Waals surface area contributed by atoms with Crippen LogP contribution in [-0.4, -0.2) is 61.4 Å². The molecule has 0 unspecified atom stereocenters. The van der Waals surface area contributed by atoms with Crippen LogP contribution in [0.5, 0.6) is 0 Å². The van der Waals surface area contributed by atoms with Gasteiger partial charge in [0.1, 0.15) is 0 Å². The van der Waals surface area contributed by atoms with Gasteiger partial charge in [-0.3, -0.25) is 9.59 Å². The standard InChI is InChI=1S/C15H18F3N3O2/c1-19-10-13(22)20-6-8-21(9-7-20)14(23)11-4-2-3-5-12(11)15(16,17)18/h2-5,19H,6-10H2,1H3. The van der Waals surface area contributed by atoms with Gasteiger partial charge in [0.05, 0.1) is 17.7 Å². The molecule has 1 aliphatic rings. The minimum atomic E-state index is -4.57. The Morgan fingerprint density at radius 1 is 1.09 bits per heavy atom. The van der Waals surface area contributed by atoms with Gasteiger partial charge in [-0.1, -0.05) is 12.1 Å². The molecule has 0 radical (unpaired) electrons. The lowest BCUT2D eigenvalue weighted by Gasteiger charge is -2.35. The Morgan fingerprint density at radius 3 is 2.22 bits per heavy atom. The number of carbonyl (C=O) groups excluding carboxylic acids is 2. The summed E-state index contributed by atoms with van der Waals surface area (Å²) >= 11 is 0. The second-order valence-corrected chi connectivity index (χ2v) is 5.25. The molecule has 23 heavy (non-hydrogen) atoms. The summed E-state index contributed by atoms with van der Waals surface area (Å²) in [5.74, 6) is -0.742. The first-order valence-corrected chi connectivity index (χ1v) is 7.22. The molecular weight excluding hydrogens is 311 g/mol. The van der Waals surface area contributed by atoms with Crippen LogP contribution in [0.25, 0.3) is 0 Å². The fraction of sp³-hybridized carbons (Fsp3) is 0.467. The van der Waals surface area contributed by atoms with Crippen molar-refractivity contribution in [2.75, 3.05) is 39.8 Å². The highest BCUT2D eigenvalue weighted by atomic mass is 19.4. The van der Waals surface area contributed by atoms with Crippen molar-refractivity contribution >= 4 is 11.8 Å². The van der Waals surface area contributed by atoms with E-state index in [1.807, 2.05) is 0 Å². The number of hydrogen-bond acceptors (Lipinski definition) is 3. The van der Waals surface area contributed by atoms with E-state index in [1.54, 1.807) is 11.9 Å². The molecule has 1 aromatic carbocycles. The number of benzene rings is 1. The number of likely N-dealkylation sites (N-methyl/N-ethyl adjacent to an activating group) is 1. The lowest BCUT2D eigenvalue weighted by Crippen LogP contribution is -2.52. The van der Waals surface area contributed by atoms with Crippen LogP contribution >= 0.6 is 0 Å². The summed E-state index contributed by atoms with van der Waals surface area (Å²) in [6.07, 6.45) is -4.57. The first-order valence-electron chi connectivity index (χ1n) is 7.22. The summed E-state index contributed by atoms with van der Waals surface area (Å²) in [6.45, 7) is 1.28. The number of nitrogens with one attached hydrogen (secondary N) is 1. The van der Waals surface area contributed by atoms with Crippen LogP contribution in [0, 0.1) is 0 Å². The van der Waals surface area contributed by atoms with Crippen LogP contribution in [0.1, 0.15) is 15.9 Å². The molecule has 1 N–H and O–H groups in total. The van der Waals surface area contributed by atoms with Crippen LogP contribution in [-0.2, 0) is 11.0 Å². The summed E-state index contributed by atoms with van der Waals surface area (Å²) in [5, 5.41) is 2.75. The zero-order chi connectivity index (χ0) is 17.0. The Morgan fingerprint density at radius 2 is 1.65 bits per heavy atom.